The van der Waals surface area contributed by atoms with E-state index in [9.17, 15) is 4.79 Å². The van der Waals surface area contributed by atoms with E-state index < -0.39 is 0 Å². The molecule has 0 unspecified atom stereocenters. The van der Waals surface area contributed by atoms with Crippen molar-refractivity contribution in [3.05, 3.63) is 33.2 Å². The highest BCUT2D eigenvalue weighted by Gasteiger charge is 2.19. The van der Waals surface area contributed by atoms with Crippen molar-refractivity contribution >= 4 is 0 Å². The molecule has 0 fully saturated rings. The molecule has 4 heteroatoms. The van der Waals surface area contributed by atoms with Gasteiger partial charge in [-0.25, -0.2) is 0 Å². The van der Waals surface area contributed by atoms with Gasteiger partial charge in [0.15, 0.2) is 0 Å². The lowest BCUT2D eigenvalue weighted by Crippen LogP contribution is -2.36. The van der Waals surface area contributed by atoms with Gasteiger partial charge < -0.3 is 15.2 Å². The second kappa shape index (κ2) is 6.35. The first-order valence-corrected chi connectivity index (χ1v) is 7.30. The topological polar surface area (TPSA) is 51.3 Å². The lowest BCUT2D eigenvalue weighted by Gasteiger charge is -2.28. The molecular formula is C15H25N3O. The second-order valence-corrected chi connectivity index (χ2v) is 5.50. The minimum atomic E-state index is 0.127. The minimum absolute atomic E-state index is 0.127. The van der Waals surface area contributed by atoms with Crippen LogP contribution in [0.15, 0.2) is 10.9 Å². The molecule has 1 aromatic rings. The minimum Gasteiger partial charge on any atom is -0.326 e. The maximum atomic E-state index is 12.4. The van der Waals surface area contributed by atoms with E-state index >= 15 is 0 Å². The van der Waals surface area contributed by atoms with Gasteiger partial charge in [-0.3, -0.25) is 4.79 Å². The van der Waals surface area contributed by atoms with Crippen molar-refractivity contribution in [3.63, 3.8) is 0 Å². The van der Waals surface area contributed by atoms with Crippen LogP contribution in [0.25, 0.3) is 0 Å². The summed E-state index contributed by atoms with van der Waals surface area (Å²) in [4.78, 5) is 14.7. The van der Waals surface area contributed by atoms with Gasteiger partial charge in [-0.05, 0) is 25.1 Å². The summed E-state index contributed by atoms with van der Waals surface area (Å²) >= 11 is 0. The van der Waals surface area contributed by atoms with Crippen LogP contribution >= 0.6 is 0 Å². The molecule has 2 heterocycles. The molecule has 0 amide bonds. The Balaban J connectivity index is 2.38. The molecule has 0 aromatic carbocycles. The summed E-state index contributed by atoms with van der Waals surface area (Å²) < 4.78 is 1.99. The van der Waals surface area contributed by atoms with Crippen molar-refractivity contribution in [2.45, 2.75) is 52.2 Å². The Morgan fingerprint density at radius 3 is 2.84 bits per heavy atom. The third-order valence-corrected chi connectivity index (χ3v) is 3.94. The number of nitrogens with zero attached hydrogens (tertiary/aromatic N) is 2. The summed E-state index contributed by atoms with van der Waals surface area (Å²) in [5.74, 6) is 0. The van der Waals surface area contributed by atoms with E-state index in [-0.39, 0.29) is 5.56 Å². The van der Waals surface area contributed by atoms with E-state index in [0.29, 0.717) is 6.54 Å². The van der Waals surface area contributed by atoms with Crippen LogP contribution in [-0.4, -0.2) is 23.1 Å². The molecule has 0 spiro atoms. The molecule has 0 bridgehead atoms. The number of nitrogens with two attached hydrogens (primary N) is 1. The Kier molecular flexibility index (Phi) is 4.77. The van der Waals surface area contributed by atoms with Crippen LogP contribution in [0.3, 0.4) is 0 Å². The fourth-order valence-electron chi connectivity index (χ4n) is 2.83. The highest BCUT2D eigenvalue weighted by Crippen LogP contribution is 2.18. The standard InChI is InChI=1S/C15H25N3O/c1-3-4-5-7-18-14-6-8-17(2)11-13(14)9-12(10-16)15(18)19/h9H,3-8,10-11,16H2,1-2H3. The predicted octanol–water partition coefficient (Wildman–Crippen LogP) is 1.49. The van der Waals surface area contributed by atoms with Crippen molar-refractivity contribution in [1.82, 2.24) is 9.47 Å². The third kappa shape index (κ3) is 3.07. The number of fused-ring (bicyclic) bond motifs is 1. The summed E-state index contributed by atoms with van der Waals surface area (Å²) in [5, 5.41) is 0. The van der Waals surface area contributed by atoms with Crippen molar-refractivity contribution in [2.75, 3.05) is 13.6 Å². The Labute approximate surface area is 115 Å². The van der Waals surface area contributed by atoms with Crippen LogP contribution in [0.2, 0.25) is 0 Å². The van der Waals surface area contributed by atoms with E-state index in [4.69, 9.17) is 5.73 Å². The summed E-state index contributed by atoms with van der Waals surface area (Å²) in [6, 6.07) is 2.02. The number of likely N-dealkylation sites (N-methyl/N-ethyl adjacent to an activating group) is 1. The summed E-state index contributed by atoms with van der Waals surface area (Å²) in [7, 11) is 2.12. The van der Waals surface area contributed by atoms with Gasteiger partial charge in [-0.1, -0.05) is 19.8 Å². The first-order chi connectivity index (χ1) is 9.17. The van der Waals surface area contributed by atoms with Crippen LogP contribution in [0.4, 0.5) is 0 Å². The molecule has 4 nitrogen and oxygen atoms in total. The summed E-state index contributed by atoms with van der Waals surface area (Å²) in [6.45, 7) is 5.32. The molecule has 0 aliphatic carbocycles. The van der Waals surface area contributed by atoms with Crippen molar-refractivity contribution < 1.29 is 0 Å². The normalized spacial score (nSPS) is 15.5. The van der Waals surface area contributed by atoms with Gasteiger partial charge in [-0.15, -0.1) is 0 Å². The van der Waals surface area contributed by atoms with Crippen LogP contribution < -0.4 is 11.3 Å². The van der Waals surface area contributed by atoms with E-state index in [1.54, 1.807) is 0 Å². The van der Waals surface area contributed by atoms with Crippen LogP contribution in [0.1, 0.15) is 43.0 Å². The number of hydrogen-bond acceptors (Lipinski definition) is 3. The molecule has 2 rings (SSSR count). The molecule has 1 aliphatic heterocycles. The maximum absolute atomic E-state index is 12.4. The Bertz CT molecular complexity index is 493. The molecule has 0 saturated heterocycles. The van der Waals surface area contributed by atoms with Crippen molar-refractivity contribution in [1.29, 1.82) is 0 Å². The number of unbranched alkanes of at least 4 members (excludes halogenated alkanes) is 2. The van der Waals surface area contributed by atoms with Crippen LogP contribution in [0.5, 0.6) is 0 Å². The zero-order valence-corrected chi connectivity index (χ0v) is 12.1. The number of rotatable bonds is 5. The largest absolute Gasteiger partial charge is 0.326 e. The quantitative estimate of drug-likeness (QED) is 0.819. The fourth-order valence-corrected chi connectivity index (χ4v) is 2.83. The lowest BCUT2D eigenvalue weighted by molar-refractivity contribution is 0.303. The highest BCUT2D eigenvalue weighted by atomic mass is 16.1. The second-order valence-electron chi connectivity index (χ2n) is 5.50. The van der Waals surface area contributed by atoms with E-state index in [1.165, 1.54) is 24.1 Å². The lowest BCUT2D eigenvalue weighted by atomic mass is 10.0. The van der Waals surface area contributed by atoms with Crippen molar-refractivity contribution in [3.8, 4) is 0 Å². The number of aromatic nitrogens is 1. The molecule has 1 aromatic heterocycles. The van der Waals surface area contributed by atoms with E-state index in [2.05, 4.69) is 18.9 Å². The zero-order valence-electron chi connectivity index (χ0n) is 12.1. The molecule has 106 valence electrons. The Morgan fingerprint density at radius 2 is 2.16 bits per heavy atom. The number of pyridine rings is 1. The Morgan fingerprint density at radius 1 is 1.37 bits per heavy atom. The van der Waals surface area contributed by atoms with Gasteiger partial charge in [0.25, 0.3) is 5.56 Å². The predicted molar refractivity (Wildman–Crippen MR) is 78.2 cm³/mol. The smallest absolute Gasteiger partial charge is 0.255 e. The molecular weight excluding hydrogens is 238 g/mol. The monoisotopic (exact) mass is 263 g/mol. The van der Waals surface area contributed by atoms with Crippen LogP contribution in [-0.2, 0) is 26.1 Å². The maximum Gasteiger partial charge on any atom is 0.255 e. The SMILES string of the molecule is CCCCCn1c2c(cc(CN)c1=O)CN(C)CC2. The average molecular weight is 263 g/mol. The first-order valence-electron chi connectivity index (χ1n) is 7.30. The van der Waals surface area contributed by atoms with Gasteiger partial charge in [0.1, 0.15) is 0 Å². The van der Waals surface area contributed by atoms with Gasteiger partial charge in [0.05, 0.1) is 0 Å². The van der Waals surface area contributed by atoms with Gasteiger partial charge in [0.2, 0.25) is 0 Å². The number of hydrogen-bond donors (Lipinski definition) is 1. The van der Waals surface area contributed by atoms with E-state index in [1.807, 2.05) is 10.6 Å². The van der Waals surface area contributed by atoms with Gasteiger partial charge >= 0.3 is 0 Å². The molecule has 0 radical (unpaired) electrons. The molecule has 0 saturated carbocycles. The van der Waals surface area contributed by atoms with Crippen LogP contribution in [0, 0.1) is 0 Å². The van der Waals surface area contributed by atoms with Gasteiger partial charge in [0, 0.05) is 43.9 Å². The Hall–Kier alpha value is -1.13. The van der Waals surface area contributed by atoms with Gasteiger partial charge in [-0.2, -0.15) is 0 Å². The van der Waals surface area contributed by atoms with Crippen molar-refractivity contribution in [2.24, 2.45) is 5.73 Å². The first kappa shape index (κ1) is 14.3. The average Bonchev–Trinajstić information content (AvgIpc) is 2.41. The highest BCUT2D eigenvalue weighted by molar-refractivity contribution is 5.29. The summed E-state index contributed by atoms with van der Waals surface area (Å²) in [5.41, 5.74) is 9.11. The molecule has 19 heavy (non-hydrogen) atoms. The molecule has 0 atom stereocenters. The third-order valence-electron chi connectivity index (χ3n) is 3.94. The molecule has 1 aliphatic rings. The zero-order chi connectivity index (χ0) is 13.8. The molecule has 2 N–H and O–H groups in total. The summed E-state index contributed by atoms with van der Waals surface area (Å²) in [6.07, 6.45) is 4.40. The fraction of sp³-hybridized carbons (Fsp3) is 0.667. The van der Waals surface area contributed by atoms with E-state index in [0.717, 1.165) is 38.0 Å².